The first kappa shape index (κ1) is 18.9. The molecule has 0 aromatic heterocycles. The lowest BCUT2D eigenvalue weighted by Gasteiger charge is -2.45. The number of hydrogen-bond donors (Lipinski definition) is 1. The number of carbonyl (C=O) groups excluding carboxylic acids is 1. The van der Waals surface area contributed by atoms with Crippen molar-refractivity contribution < 1.29 is 4.79 Å². The van der Waals surface area contributed by atoms with Crippen LogP contribution >= 0.6 is 0 Å². The first-order valence-corrected chi connectivity index (χ1v) is 9.81. The number of benzene rings is 1. The van der Waals surface area contributed by atoms with Crippen molar-refractivity contribution >= 4 is 5.91 Å². The first-order chi connectivity index (χ1) is 12.7. The molecule has 2 unspecified atom stereocenters. The van der Waals surface area contributed by atoms with Crippen molar-refractivity contribution in [1.82, 2.24) is 15.1 Å². The van der Waals surface area contributed by atoms with Crippen LogP contribution in [0.2, 0.25) is 0 Å². The van der Waals surface area contributed by atoms with Gasteiger partial charge in [0.1, 0.15) is 0 Å². The highest BCUT2D eigenvalue weighted by Crippen LogP contribution is 2.26. The number of carbonyl (C=O) groups is 1. The zero-order valence-electron chi connectivity index (χ0n) is 15.9. The monoisotopic (exact) mass is 353 g/mol. The van der Waals surface area contributed by atoms with Gasteiger partial charge in [0.05, 0.1) is 0 Å². The minimum absolute atomic E-state index is 0.127. The van der Waals surface area contributed by atoms with E-state index < -0.39 is 0 Å². The SMILES string of the molecule is C=C/C(=C\C)C(=O)N1CCC(N2CCNCC2)CC1Cc1ccccc1. The molecule has 0 saturated carbocycles. The fourth-order valence-electron chi connectivity index (χ4n) is 4.25. The lowest BCUT2D eigenvalue weighted by Crippen LogP contribution is -2.56. The molecule has 2 fully saturated rings. The maximum atomic E-state index is 13.0. The zero-order valence-corrected chi connectivity index (χ0v) is 15.9. The molecule has 140 valence electrons. The second-order valence-electron chi connectivity index (χ2n) is 7.25. The van der Waals surface area contributed by atoms with E-state index in [1.165, 1.54) is 5.56 Å². The quantitative estimate of drug-likeness (QED) is 0.653. The molecule has 0 aliphatic carbocycles. The largest absolute Gasteiger partial charge is 0.335 e. The summed E-state index contributed by atoms with van der Waals surface area (Å²) in [6.07, 6.45) is 6.59. The van der Waals surface area contributed by atoms with Gasteiger partial charge in [0.2, 0.25) is 0 Å². The number of allylic oxidation sites excluding steroid dienone is 1. The van der Waals surface area contributed by atoms with Gasteiger partial charge < -0.3 is 10.2 Å². The van der Waals surface area contributed by atoms with E-state index in [0.717, 1.165) is 52.0 Å². The molecular formula is C22H31N3O. The standard InChI is InChI=1S/C22H31N3O/c1-3-19(4-2)22(26)25-13-10-20(24-14-11-23-12-15-24)17-21(25)16-18-8-6-5-7-9-18/h3-9,20-21,23H,1,10-17H2,2H3/b19-4+. The Bertz CT molecular complexity index is 634. The summed E-state index contributed by atoms with van der Waals surface area (Å²) in [5.74, 6) is 0.127. The van der Waals surface area contributed by atoms with Gasteiger partial charge in [0.15, 0.2) is 0 Å². The lowest BCUT2D eigenvalue weighted by molar-refractivity contribution is -0.131. The third-order valence-electron chi connectivity index (χ3n) is 5.71. The van der Waals surface area contributed by atoms with Crippen LogP contribution in [-0.4, -0.2) is 60.5 Å². The van der Waals surface area contributed by atoms with E-state index in [4.69, 9.17) is 0 Å². The molecule has 1 N–H and O–H groups in total. The molecule has 0 spiro atoms. The van der Waals surface area contributed by atoms with Crippen LogP contribution < -0.4 is 5.32 Å². The average molecular weight is 354 g/mol. The van der Waals surface area contributed by atoms with Crippen LogP contribution in [0, 0.1) is 0 Å². The Kier molecular flexibility index (Phi) is 6.64. The highest BCUT2D eigenvalue weighted by molar-refractivity contribution is 5.96. The number of nitrogens with one attached hydrogen (secondary N) is 1. The topological polar surface area (TPSA) is 35.6 Å². The number of hydrogen-bond acceptors (Lipinski definition) is 3. The molecule has 2 aliphatic rings. The molecule has 2 atom stereocenters. The Balaban J connectivity index is 1.77. The summed E-state index contributed by atoms with van der Waals surface area (Å²) in [4.78, 5) is 17.7. The average Bonchev–Trinajstić information content (AvgIpc) is 2.70. The molecule has 1 amide bonds. The summed E-state index contributed by atoms with van der Waals surface area (Å²) >= 11 is 0. The Morgan fingerprint density at radius 3 is 2.62 bits per heavy atom. The molecule has 2 heterocycles. The highest BCUT2D eigenvalue weighted by Gasteiger charge is 2.34. The smallest absolute Gasteiger partial charge is 0.253 e. The molecule has 0 bridgehead atoms. The molecule has 0 radical (unpaired) electrons. The molecule has 2 saturated heterocycles. The van der Waals surface area contributed by atoms with Gasteiger partial charge in [-0.25, -0.2) is 0 Å². The van der Waals surface area contributed by atoms with Crippen LogP contribution in [0.25, 0.3) is 0 Å². The predicted octanol–water partition coefficient (Wildman–Crippen LogP) is 2.63. The Morgan fingerprint density at radius 2 is 1.96 bits per heavy atom. The summed E-state index contributed by atoms with van der Waals surface area (Å²) in [5.41, 5.74) is 2.01. The Hall–Kier alpha value is -1.91. The first-order valence-electron chi connectivity index (χ1n) is 9.81. The van der Waals surface area contributed by atoms with Gasteiger partial charge in [-0.3, -0.25) is 9.69 Å². The van der Waals surface area contributed by atoms with Crippen molar-refractivity contribution in [1.29, 1.82) is 0 Å². The van der Waals surface area contributed by atoms with Crippen molar-refractivity contribution in [2.24, 2.45) is 0 Å². The third-order valence-corrected chi connectivity index (χ3v) is 5.71. The van der Waals surface area contributed by atoms with E-state index in [-0.39, 0.29) is 11.9 Å². The normalized spacial score (nSPS) is 25.1. The molecule has 26 heavy (non-hydrogen) atoms. The fraction of sp³-hybridized carbons (Fsp3) is 0.500. The van der Waals surface area contributed by atoms with Crippen LogP contribution in [-0.2, 0) is 11.2 Å². The number of nitrogens with zero attached hydrogens (tertiary/aromatic N) is 2. The van der Waals surface area contributed by atoms with Crippen LogP contribution in [0.5, 0.6) is 0 Å². The summed E-state index contributed by atoms with van der Waals surface area (Å²) < 4.78 is 0. The van der Waals surface area contributed by atoms with Gasteiger partial charge in [-0.2, -0.15) is 0 Å². The number of piperazine rings is 1. The lowest BCUT2D eigenvalue weighted by atomic mass is 9.90. The second kappa shape index (κ2) is 9.15. The molecule has 1 aromatic rings. The zero-order chi connectivity index (χ0) is 18.4. The van der Waals surface area contributed by atoms with Crippen molar-refractivity contribution in [2.75, 3.05) is 32.7 Å². The number of piperidine rings is 1. The van der Waals surface area contributed by atoms with Gasteiger partial charge in [-0.05, 0) is 31.7 Å². The van der Waals surface area contributed by atoms with Crippen molar-refractivity contribution in [2.45, 2.75) is 38.3 Å². The van der Waals surface area contributed by atoms with Gasteiger partial charge in [-0.1, -0.05) is 49.1 Å². The predicted molar refractivity (Wildman–Crippen MR) is 107 cm³/mol. The van der Waals surface area contributed by atoms with E-state index in [1.54, 1.807) is 6.08 Å². The Morgan fingerprint density at radius 1 is 1.23 bits per heavy atom. The maximum absolute atomic E-state index is 13.0. The van der Waals surface area contributed by atoms with Crippen LogP contribution in [0.1, 0.15) is 25.3 Å². The second-order valence-corrected chi connectivity index (χ2v) is 7.25. The fourth-order valence-corrected chi connectivity index (χ4v) is 4.25. The van der Waals surface area contributed by atoms with E-state index in [0.29, 0.717) is 11.6 Å². The van der Waals surface area contributed by atoms with E-state index in [9.17, 15) is 4.79 Å². The van der Waals surface area contributed by atoms with Crippen molar-refractivity contribution in [3.05, 3.63) is 60.2 Å². The molecule has 3 rings (SSSR count). The maximum Gasteiger partial charge on any atom is 0.253 e. The molecule has 2 aliphatic heterocycles. The van der Waals surface area contributed by atoms with Gasteiger partial charge in [0.25, 0.3) is 5.91 Å². The van der Waals surface area contributed by atoms with E-state index in [2.05, 4.69) is 46.0 Å². The van der Waals surface area contributed by atoms with Gasteiger partial charge in [-0.15, -0.1) is 0 Å². The molecule has 4 heteroatoms. The minimum Gasteiger partial charge on any atom is -0.335 e. The third kappa shape index (κ3) is 4.43. The molecule has 1 aromatic carbocycles. The highest BCUT2D eigenvalue weighted by atomic mass is 16.2. The van der Waals surface area contributed by atoms with E-state index >= 15 is 0 Å². The minimum atomic E-state index is 0.127. The Labute approximate surface area is 157 Å². The van der Waals surface area contributed by atoms with Gasteiger partial charge >= 0.3 is 0 Å². The number of likely N-dealkylation sites (tertiary alicyclic amines) is 1. The summed E-state index contributed by atoms with van der Waals surface area (Å²) in [7, 11) is 0. The number of rotatable bonds is 5. The number of amides is 1. The van der Waals surface area contributed by atoms with Crippen molar-refractivity contribution in [3.8, 4) is 0 Å². The summed E-state index contributed by atoms with van der Waals surface area (Å²) in [5, 5.41) is 3.44. The summed E-state index contributed by atoms with van der Waals surface area (Å²) in [6.45, 7) is 10.9. The molecule has 4 nitrogen and oxygen atoms in total. The summed E-state index contributed by atoms with van der Waals surface area (Å²) in [6, 6.07) is 11.4. The van der Waals surface area contributed by atoms with Crippen LogP contribution in [0.15, 0.2) is 54.6 Å². The van der Waals surface area contributed by atoms with Crippen molar-refractivity contribution in [3.63, 3.8) is 0 Å². The van der Waals surface area contributed by atoms with E-state index in [1.807, 2.05) is 19.1 Å². The van der Waals surface area contributed by atoms with Crippen LogP contribution in [0.3, 0.4) is 0 Å². The van der Waals surface area contributed by atoms with Crippen LogP contribution in [0.4, 0.5) is 0 Å². The van der Waals surface area contributed by atoms with Gasteiger partial charge in [0, 0.05) is 50.4 Å². The molecular weight excluding hydrogens is 322 g/mol.